The summed E-state index contributed by atoms with van der Waals surface area (Å²) in [6.45, 7) is 4.25. The van der Waals surface area contributed by atoms with Gasteiger partial charge in [-0.25, -0.2) is 0 Å². The molecule has 5 atom stereocenters. The van der Waals surface area contributed by atoms with Gasteiger partial charge in [0.05, 0.1) is 18.8 Å². The molecule has 3 fully saturated rings. The SMILES string of the molecule is COc1ccc2c(c1)[C@]13CCN(CC4CC4)[C@H](C2)[C@]1(O)C[C@H](C)[C@H](O)C3. The fraction of sp³-hybridized carbons (Fsp3) is 0.727. The summed E-state index contributed by atoms with van der Waals surface area (Å²) in [6, 6.07) is 6.54. The second-order valence-corrected chi connectivity index (χ2v) is 9.39. The average Bonchev–Trinajstić information content (AvgIpc) is 3.43. The first-order chi connectivity index (χ1) is 12.5. The summed E-state index contributed by atoms with van der Waals surface area (Å²) in [5.41, 5.74) is 1.47. The number of benzene rings is 1. The lowest BCUT2D eigenvalue weighted by molar-refractivity contribution is -0.195. The normalized spacial score (nSPS) is 42.1. The van der Waals surface area contributed by atoms with E-state index in [-0.39, 0.29) is 23.5 Å². The van der Waals surface area contributed by atoms with E-state index in [0.29, 0.717) is 12.8 Å². The average molecular weight is 357 g/mol. The Kier molecular flexibility index (Phi) is 3.73. The highest BCUT2D eigenvalue weighted by Gasteiger charge is 2.65. The lowest BCUT2D eigenvalue weighted by Gasteiger charge is -2.65. The van der Waals surface area contributed by atoms with Crippen LogP contribution in [0.15, 0.2) is 18.2 Å². The molecule has 0 spiro atoms. The van der Waals surface area contributed by atoms with Gasteiger partial charge in [0.2, 0.25) is 0 Å². The molecular formula is C22H31NO3. The molecule has 1 aromatic rings. The van der Waals surface area contributed by atoms with Gasteiger partial charge >= 0.3 is 0 Å². The largest absolute Gasteiger partial charge is 0.497 e. The van der Waals surface area contributed by atoms with Gasteiger partial charge in [0.1, 0.15) is 5.75 Å². The predicted molar refractivity (Wildman–Crippen MR) is 100 cm³/mol. The number of rotatable bonds is 3. The highest BCUT2D eigenvalue weighted by molar-refractivity contribution is 5.48. The molecule has 26 heavy (non-hydrogen) atoms. The molecule has 4 heteroatoms. The number of likely N-dealkylation sites (tertiary alicyclic amines) is 1. The quantitative estimate of drug-likeness (QED) is 0.873. The van der Waals surface area contributed by atoms with Crippen LogP contribution < -0.4 is 4.74 Å². The molecule has 1 saturated heterocycles. The zero-order valence-electron chi connectivity index (χ0n) is 15.9. The monoisotopic (exact) mass is 357 g/mol. The molecule has 1 heterocycles. The van der Waals surface area contributed by atoms with Crippen molar-refractivity contribution in [2.75, 3.05) is 20.2 Å². The molecule has 3 aliphatic carbocycles. The molecule has 0 aromatic heterocycles. The number of ether oxygens (including phenoxy) is 1. The van der Waals surface area contributed by atoms with Gasteiger partial charge in [0.25, 0.3) is 0 Å². The van der Waals surface area contributed by atoms with E-state index < -0.39 is 5.60 Å². The summed E-state index contributed by atoms with van der Waals surface area (Å²) in [6.07, 6.45) is 5.53. The second kappa shape index (κ2) is 5.70. The van der Waals surface area contributed by atoms with Gasteiger partial charge in [0.15, 0.2) is 0 Å². The molecule has 2 N–H and O–H groups in total. The Morgan fingerprint density at radius 1 is 1.27 bits per heavy atom. The lowest BCUT2D eigenvalue weighted by Crippen LogP contribution is -2.74. The molecule has 4 aliphatic rings. The molecule has 2 bridgehead atoms. The van der Waals surface area contributed by atoms with E-state index in [2.05, 4.69) is 24.0 Å². The third kappa shape index (κ3) is 2.25. The van der Waals surface area contributed by atoms with Crippen LogP contribution in [0.4, 0.5) is 0 Å². The van der Waals surface area contributed by atoms with Gasteiger partial charge in [-0.3, -0.25) is 4.90 Å². The summed E-state index contributed by atoms with van der Waals surface area (Å²) in [4.78, 5) is 2.58. The summed E-state index contributed by atoms with van der Waals surface area (Å²) < 4.78 is 5.50. The van der Waals surface area contributed by atoms with Gasteiger partial charge < -0.3 is 14.9 Å². The van der Waals surface area contributed by atoms with Crippen molar-refractivity contribution in [3.05, 3.63) is 29.3 Å². The third-order valence-corrected chi connectivity index (χ3v) is 7.93. The summed E-state index contributed by atoms with van der Waals surface area (Å²) >= 11 is 0. The van der Waals surface area contributed by atoms with Gasteiger partial charge in [0, 0.05) is 18.0 Å². The smallest absolute Gasteiger partial charge is 0.119 e. The van der Waals surface area contributed by atoms with E-state index in [1.807, 2.05) is 6.07 Å². The third-order valence-electron chi connectivity index (χ3n) is 7.93. The molecular weight excluding hydrogens is 326 g/mol. The fourth-order valence-electron chi connectivity index (χ4n) is 6.26. The lowest BCUT2D eigenvalue weighted by atomic mass is 9.47. The Morgan fingerprint density at radius 2 is 2.08 bits per heavy atom. The molecule has 5 rings (SSSR count). The summed E-state index contributed by atoms with van der Waals surface area (Å²) in [5.74, 6) is 1.83. The van der Waals surface area contributed by atoms with Crippen molar-refractivity contribution in [2.24, 2.45) is 11.8 Å². The van der Waals surface area contributed by atoms with E-state index in [9.17, 15) is 10.2 Å². The van der Waals surface area contributed by atoms with Crippen LogP contribution in [-0.2, 0) is 11.8 Å². The minimum atomic E-state index is -0.752. The van der Waals surface area contributed by atoms with E-state index in [0.717, 1.165) is 37.6 Å². The number of methoxy groups -OCH3 is 1. The van der Waals surface area contributed by atoms with Crippen LogP contribution in [0.2, 0.25) is 0 Å². The van der Waals surface area contributed by atoms with E-state index >= 15 is 0 Å². The Hall–Kier alpha value is -1.10. The highest BCUT2D eigenvalue weighted by atomic mass is 16.5. The maximum Gasteiger partial charge on any atom is 0.119 e. The van der Waals surface area contributed by atoms with Crippen molar-refractivity contribution < 1.29 is 14.9 Å². The van der Waals surface area contributed by atoms with Crippen molar-refractivity contribution in [1.82, 2.24) is 4.90 Å². The van der Waals surface area contributed by atoms with Crippen LogP contribution in [0.3, 0.4) is 0 Å². The number of hydrogen-bond acceptors (Lipinski definition) is 4. The maximum atomic E-state index is 12.2. The molecule has 2 saturated carbocycles. The van der Waals surface area contributed by atoms with Crippen molar-refractivity contribution >= 4 is 0 Å². The zero-order chi connectivity index (χ0) is 18.1. The first-order valence-corrected chi connectivity index (χ1v) is 10.3. The minimum absolute atomic E-state index is 0.142. The van der Waals surface area contributed by atoms with Crippen molar-refractivity contribution in [1.29, 1.82) is 0 Å². The van der Waals surface area contributed by atoms with Gasteiger partial charge in [-0.05, 0) is 80.2 Å². The Bertz CT molecular complexity index is 717. The van der Waals surface area contributed by atoms with Crippen LogP contribution >= 0.6 is 0 Å². The molecule has 0 radical (unpaired) electrons. The van der Waals surface area contributed by atoms with Crippen molar-refractivity contribution in [3.63, 3.8) is 0 Å². The van der Waals surface area contributed by atoms with Crippen LogP contribution in [0.5, 0.6) is 5.75 Å². The van der Waals surface area contributed by atoms with E-state index in [1.165, 1.54) is 24.0 Å². The van der Waals surface area contributed by atoms with Crippen LogP contribution in [0.25, 0.3) is 0 Å². The highest BCUT2D eigenvalue weighted by Crippen LogP contribution is 2.59. The van der Waals surface area contributed by atoms with Gasteiger partial charge in [-0.15, -0.1) is 0 Å². The molecule has 4 nitrogen and oxygen atoms in total. The van der Waals surface area contributed by atoms with Gasteiger partial charge in [-0.1, -0.05) is 13.0 Å². The number of nitrogens with zero attached hydrogens (tertiary/aromatic N) is 1. The zero-order valence-corrected chi connectivity index (χ0v) is 15.9. The molecule has 142 valence electrons. The van der Waals surface area contributed by atoms with Crippen molar-refractivity contribution in [2.45, 2.75) is 68.6 Å². The Balaban J connectivity index is 1.64. The minimum Gasteiger partial charge on any atom is -0.497 e. The van der Waals surface area contributed by atoms with Gasteiger partial charge in [-0.2, -0.15) is 0 Å². The number of piperidine rings is 1. The Labute approximate surface area is 156 Å². The number of hydrogen-bond donors (Lipinski definition) is 2. The summed E-state index contributed by atoms with van der Waals surface area (Å²) in [5, 5.41) is 22.9. The Morgan fingerprint density at radius 3 is 2.81 bits per heavy atom. The first-order valence-electron chi connectivity index (χ1n) is 10.3. The molecule has 0 unspecified atom stereocenters. The molecule has 0 amide bonds. The van der Waals surface area contributed by atoms with Crippen molar-refractivity contribution in [3.8, 4) is 5.75 Å². The first kappa shape index (κ1) is 17.0. The van der Waals surface area contributed by atoms with Crippen LogP contribution in [0, 0.1) is 11.8 Å². The topological polar surface area (TPSA) is 52.9 Å². The maximum absolute atomic E-state index is 12.2. The number of aliphatic hydroxyl groups excluding tert-OH is 1. The number of fused-ring (bicyclic) bond motifs is 1. The van der Waals surface area contributed by atoms with E-state index in [1.54, 1.807) is 7.11 Å². The van der Waals surface area contributed by atoms with Crippen LogP contribution in [-0.4, -0.2) is 53.1 Å². The second-order valence-electron chi connectivity index (χ2n) is 9.39. The van der Waals surface area contributed by atoms with Crippen LogP contribution in [0.1, 0.15) is 50.2 Å². The standard InChI is InChI=1S/C22H31NO3/c1-14-11-22(25)20-9-16-5-6-17(26-2)10-18(16)21(22,12-19(14)24)7-8-23(20)13-15-3-4-15/h5-6,10,14-15,19-20,24-25H,3-4,7-9,11-13H2,1-2H3/t14-,19+,20+,21+,22+/m0/s1. The molecule has 1 aromatic carbocycles. The predicted octanol–water partition coefficient (Wildman–Crippen LogP) is 2.50. The number of aliphatic hydroxyl groups is 2. The van der Waals surface area contributed by atoms with E-state index in [4.69, 9.17) is 4.74 Å². The summed E-state index contributed by atoms with van der Waals surface area (Å²) in [7, 11) is 1.70. The fourth-order valence-corrected chi connectivity index (χ4v) is 6.26. The molecule has 1 aliphatic heterocycles.